The SMILES string of the molecule is CC1CCC(NC(=O)CN2CCN(C(=O)[C@H]3CCN[C@@H](C)C3)CC2)CC1. The number of amides is 2. The molecule has 0 spiro atoms. The number of carbonyl (C=O) groups excluding carboxylic acids is 2. The first kappa shape index (κ1) is 19.6. The highest BCUT2D eigenvalue weighted by Gasteiger charge is 2.31. The van der Waals surface area contributed by atoms with E-state index in [0.717, 1.165) is 64.3 Å². The van der Waals surface area contributed by atoms with Crippen LogP contribution in [0.3, 0.4) is 0 Å². The highest BCUT2D eigenvalue weighted by molar-refractivity contribution is 5.80. The first-order chi connectivity index (χ1) is 12.5. The van der Waals surface area contributed by atoms with Crippen molar-refractivity contribution in [1.82, 2.24) is 20.4 Å². The first-order valence-electron chi connectivity index (χ1n) is 10.5. The van der Waals surface area contributed by atoms with Crippen molar-refractivity contribution in [2.24, 2.45) is 11.8 Å². The van der Waals surface area contributed by atoms with Gasteiger partial charge in [0.1, 0.15) is 0 Å². The molecule has 0 radical (unpaired) electrons. The summed E-state index contributed by atoms with van der Waals surface area (Å²) in [7, 11) is 0. The van der Waals surface area contributed by atoms with Crippen LogP contribution in [0, 0.1) is 11.8 Å². The van der Waals surface area contributed by atoms with E-state index in [2.05, 4.69) is 29.4 Å². The van der Waals surface area contributed by atoms with E-state index in [1.54, 1.807) is 0 Å². The molecule has 0 bridgehead atoms. The van der Waals surface area contributed by atoms with Crippen molar-refractivity contribution in [3.8, 4) is 0 Å². The van der Waals surface area contributed by atoms with Crippen LogP contribution in [0.1, 0.15) is 52.4 Å². The molecule has 1 aliphatic carbocycles. The van der Waals surface area contributed by atoms with E-state index in [4.69, 9.17) is 0 Å². The molecule has 2 aliphatic heterocycles. The summed E-state index contributed by atoms with van der Waals surface area (Å²) in [6.07, 6.45) is 6.57. The van der Waals surface area contributed by atoms with Gasteiger partial charge in [-0.3, -0.25) is 14.5 Å². The van der Waals surface area contributed by atoms with Crippen LogP contribution in [0.25, 0.3) is 0 Å². The van der Waals surface area contributed by atoms with Gasteiger partial charge in [-0.1, -0.05) is 6.92 Å². The number of carbonyl (C=O) groups is 2. The zero-order chi connectivity index (χ0) is 18.5. The predicted molar refractivity (Wildman–Crippen MR) is 103 cm³/mol. The van der Waals surface area contributed by atoms with Gasteiger partial charge in [0.15, 0.2) is 0 Å². The molecule has 1 saturated carbocycles. The zero-order valence-electron chi connectivity index (χ0n) is 16.5. The molecular formula is C20H36N4O2. The second-order valence-electron chi connectivity index (χ2n) is 8.70. The Hall–Kier alpha value is -1.14. The molecule has 148 valence electrons. The fraction of sp³-hybridized carbons (Fsp3) is 0.900. The molecule has 2 amide bonds. The zero-order valence-corrected chi connectivity index (χ0v) is 16.5. The molecule has 26 heavy (non-hydrogen) atoms. The van der Waals surface area contributed by atoms with E-state index in [-0.39, 0.29) is 11.8 Å². The van der Waals surface area contributed by atoms with Crippen molar-refractivity contribution < 1.29 is 9.59 Å². The van der Waals surface area contributed by atoms with Gasteiger partial charge in [-0.15, -0.1) is 0 Å². The number of rotatable bonds is 4. The lowest BCUT2D eigenvalue weighted by Gasteiger charge is -2.38. The van der Waals surface area contributed by atoms with E-state index in [0.29, 0.717) is 24.5 Å². The Balaban J connectivity index is 1.36. The van der Waals surface area contributed by atoms with Crippen LogP contribution in [0.2, 0.25) is 0 Å². The van der Waals surface area contributed by atoms with E-state index in [1.807, 2.05) is 4.90 Å². The van der Waals surface area contributed by atoms with E-state index in [9.17, 15) is 9.59 Å². The summed E-state index contributed by atoms with van der Waals surface area (Å²) in [4.78, 5) is 29.2. The molecule has 3 aliphatic rings. The lowest BCUT2D eigenvalue weighted by atomic mass is 9.87. The lowest BCUT2D eigenvalue weighted by molar-refractivity contribution is -0.138. The molecule has 0 aromatic heterocycles. The Bertz CT molecular complexity index is 482. The number of hydrogen-bond acceptors (Lipinski definition) is 4. The summed E-state index contributed by atoms with van der Waals surface area (Å²) in [6, 6.07) is 0.800. The number of piperidine rings is 1. The fourth-order valence-corrected chi connectivity index (χ4v) is 4.62. The summed E-state index contributed by atoms with van der Waals surface area (Å²) in [5, 5.41) is 6.62. The molecular weight excluding hydrogens is 328 g/mol. The van der Waals surface area contributed by atoms with Gasteiger partial charge in [0.2, 0.25) is 11.8 Å². The van der Waals surface area contributed by atoms with Gasteiger partial charge in [-0.25, -0.2) is 0 Å². The quantitative estimate of drug-likeness (QED) is 0.787. The predicted octanol–water partition coefficient (Wildman–Crippen LogP) is 1.21. The van der Waals surface area contributed by atoms with E-state index < -0.39 is 0 Å². The van der Waals surface area contributed by atoms with Crippen molar-refractivity contribution in [1.29, 1.82) is 0 Å². The van der Waals surface area contributed by atoms with Crippen LogP contribution in [0.15, 0.2) is 0 Å². The van der Waals surface area contributed by atoms with Crippen molar-refractivity contribution in [3.63, 3.8) is 0 Å². The minimum Gasteiger partial charge on any atom is -0.352 e. The van der Waals surface area contributed by atoms with Crippen LogP contribution < -0.4 is 10.6 Å². The van der Waals surface area contributed by atoms with Crippen LogP contribution in [0.5, 0.6) is 0 Å². The van der Waals surface area contributed by atoms with Gasteiger partial charge in [0, 0.05) is 44.2 Å². The van der Waals surface area contributed by atoms with Crippen LogP contribution >= 0.6 is 0 Å². The van der Waals surface area contributed by atoms with E-state index in [1.165, 1.54) is 12.8 Å². The third kappa shape index (κ3) is 5.43. The van der Waals surface area contributed by atoms with Gasteiger partial charge < -0.3 is 15.5 Å². The minimum absolute atomic E-state index is 0.150. The summed E-state index contributed by atoms with van der Waals surface area (Å²) in [5.74, 6) is 1.45. The molecule has 2 N–H and O–H groups in total. The van der Waals surface area contributed by atoms with Gasteiger partial charge in [0.25, 0.3) is 0 Å². The molecule has 0 unspecified atom stereocenters. The summed E-state index contributed by atoms with van der Waals surface area (Å²) >= 11 is 0. The Kier molecular flexibility index (Phi) is 6.92. The second-order valence-corrected chi connectivity index (χ2v) is 8.70. The van der Waals surface area contributed by atoms with Gasteiger partial charge in [0.05, 0.1) is 6.54 Å². The normalized spacial score (nSPS) is 33.7. The Labute approximate surface area is 158 Å². The summed E-state index contributed by atoms with van der Waals surface area (Å²) < 4.78 is 0. The molecule has 3 rings (SSSR count). The maximum Gasteiger partial charge on any atom is 0.234 e. The van der Waals surface area contributed by atoms with Crippen molar-refractivity contribution in [3.05, 3.63) is 0 Å². The van der Waals surface area contributed by atoms with Crippen LogP contribution in [-0.2, 0) is 9.59 Å². The molecule has 6 nitrogen and oxygen atoms in total. The number of nitrogens with one attached hydrogen (secondary N) is 2. The average Bonchev–Trinajstić information content (AvgIpc) is 2.64. The third-order valence-electron chi connectivity index (χ3n) is 6.41. The second kappa shape index (κ2) is 9.18. The molecule has 2 saturated heterocycles. The molecule has 3 fully saturated rings. The Morgan fingerprint density at radius 3 is 2.35 bits per heavy atom. The summed E-state index contributed by atoms with van der Waals surface area (Å²) in [6.45, 7) is 8.99. The smallest absolute Gasteiger partial charge is 0.234 e. The Morgan fingerprint density at radius 1 is 1.00 bits per heavy atom. The van der Waals surface area contributed by atoms with Crippen molar-refractivity contribution >= 4 is 11.8 Å². The highest BCUT2D eigenvalue weighted by Crippen LogP contribution is 2.23. The average molecular weight is 365 g/mol. The number of hydrogen-bond donors (Lipinski definition) is 2. The fourth-order valence-electron chi connectivity index (χ4n) is 4.62. The van der Waals surface area contributed by atoms with E-state index >= 15 is 0 Å². The van der Waals surface area contributed by atoms with Gasteiger partial charge in [-0.05, 0) is 57.9 Å². The maximum absolute atomic E-state index is 12.7. The molecule has 2 atom stereocenters. The standard InChI is InChI=1S/C20H36N4O2/c1-15-3-5-18(6-4-15)22-19(25)14-23-9-11-24(12-10-23)20(26)17-7-8-21-16(2)13-17/h15-18,21H,3-14H2,1-2H3,(H,22,25)/t15?,16-,17-,18?/m0/s1. The number of piperazine rings is 1. The molecule has 0 aromatic rings. The number of nitrogens with zero attached hydrogens (tertiary/aromatic N) is 2. The van der Waals surface area contributed by atoms with Crippen LogP contribution in [0.4, 0.5) is 0 Å². The molecule has 2 heterocycles. The molecule has 0 aromatic carbocycles. The monoisotopic (exact) mass is 364 g/mol. The lowest BCUT2D eigenvalue weighted by Crippen LogP contribution is -2.54. The Morgan fingerprint density at radius 2 is 1.69 bits per heavy atom. The van der Waals surface area contributed by atoms with Crippen molar-refractivity contribution in [2.75, 3.05) is 39.3 Å². The topological polar surface area (TPSA) is 64.7 Å². The maximum atomic E-state index is 12.7. The first-order valence-corrected chi connectivity index (χ1v) is 10.5. The highest BCUT2D eigenvalue weighted by atomic mass is 16.2. The van der Waals surface area contributed by atoms with Gasteiger partial charge >= 0.3 is 0 Å². The largest absolute Gasteiger partial charge is 0.352 e. The third-order valence-corrected chi connectivity index (χ3v) is 6.41. The minimum atomic E-state index is 0.150. The molecule has 6 heteroatoms. The summed E-state index contributed by atoms with van der Waals surface area (Å²) in [5.41, 5.74) is 0. The van der Waals surface area contributed by atoms with Crippen LogP contribution in [-0.4, -0.2) is 73.0 Å². The van der Waals surface area contributed by atoms with Gasteiger partial charge in [-0.2, -0.15) is 0 Å². The van der Waals surface area contributed by atoms with Crippen molar-refractivity contribution in [2.45, 2.75) is 64.5 Å².